The van der Waals surface area contributed by atoms with Gasteiger partial charge in [-0.2, -0.15) is 0 Å². The lowest BCUT2D eigenvalue weighted by Gasteiger charge is -2.45. The molecule has 2 aliphatic heterocycles. The first-order chi connectivity index (χ1) is 50.6. The van der Waals surface area contributed by atoms with Crippen molar-refractivity contribution in [3.05, 3.63) is 166 Å². The van der Waals surface area contributed by atoms with Crippen LogP contribution in [0.4, 0.5) is 0 Å². The highest BCUT2D eigenvalue weighted by Gasteiger charge is 2.53. The van der Waals surface area contributed by atoms with Crippen LogP contribution in [0.15, 0.2) is 121 Å². The molecular formula is C89H144O14P2Si4. The summed E-state index contributed by atoms with van der Waals surface area (Å²) >= 11 is 0. The number of aliphatic hydroxyl groups excluding tert-OH is 1. The highest BCUT2D eigenvalue weighted by Crippen LogP contribution is 2.44. The average Bonchev–Trinajstić information content (AvgIpc) is 1.54. The van der Waals surface area contributed by atoms with Crippen molar-refractivity contribution in [2.45, 2.75) is 310 Å². The molecule has 4 aromatic rings. The van der Waals surface area contributed by atoms with E-state index in [2.05, 4.69) is 219 Å². The van der Waals surface area contributed by atoms with Gasteiger partial charge in [0.25, 0.3) is 8.32 Å². The van der Waals surface area contributed by atoms with Gasteiger partial charge in [0.1, 0.15) is 12.2 Å². The molecule has 2 aliphatic rings. The summed E-state index contributed by atoms with van der Waals surface area (Å²) in [6.45, 7) is 56.8. The second-order valence-electron chi connectivity index (χ2n) is 36.6. The molecule has 2 fully saturated rings. The molecule has 0 saturated carbocycles. The molecule has 0 aromatic heterocycles. The van der Waals surface area contributed by atoms with Gasteiger partial charge in [0.05, 0.1) is 48.3 Å². The van der Waals surface area contributed by atoms with E-state index in [0.29, 0.717) is 53.8 Å². The summed E-state index contributed by atoms with van der Waals surface area (Å²) in [6.07, 6.45) is 23.4. The maximum atomic E-state index is 13.8. The minimum atomic E-state index is -2.78. The van der Waals surface area contributed by atoms with Crippen LogP contribution in [0.2, 0.25) is 67.0 Å². The van der Waals surface area contributed by atoms with Gasteiger partial charge >= 0.3 is 11.9 Å². The van der Waals surface area contributed by atoms with Gasteiger partial charge < -0.3 is 56.2 Å². The molecule has 6 rings (SSSR count). The Balaban J connectivity index is 0.000000428. The number of rotatable bonds is 39. The molecule has 0 aliphatic carbocycles. The van der Waals surface area contributed by atoms with Crippen LogP contribution in [-0.4, -0.2) is 149 Å². The number of hydrogen-bond acceptors (Lipinski definition) is 13. The van der Waals surface area contributed by atoms with Crippen molar-refractivity contribution in [3.8, 4) is 0 Å². The molecule has 109 heavy (non-hydrogen) atoms. The number of hydrogen-bond donors (Lipinski definition) is 2. The summed E-state index contributed by atoms with van der Waals surface area (Å²) in [5.74, 6) is -2.77. The number of carbonyl (C=O) groups is 2. The zero-order valence-electron chi connectivity index (χ0n) is 72.3. The van der Waals surface area contributed by atoms with Gasteiger partial charge in [-0.1, -0.05) is 229 Å². The van der Waals surface area contributed by atoms with Gasteiger partial charge in [-0.15, -0.1) is 0 Å². The minimum Gasteiger partial charge on any atom is -0.478 e. The Morgan fingerprint density at radius 3 is 1.33 bits per heavy atom. The van der Waals surface area contributed by atoms with Gasteiger partial charge in [-0.3, -0.25) is 0 Å². The molecule has 0 radical (unpaired) electrons. The summed E-state index contributed by atoms with van der Waals surface area (Å²) in [4.78, 5) is 26.0. The summed E-state index contributed by atoms with van der Waals surface area (Å²) in [5, 5.41) is 22.5. The topological polar surface area (TPSA) is 167 Å². The number of carbonyl (C=O) groups excluding carboxylic acids is 1. The Hall–Kier alpha value is -3.89. The van der Waals surface area contributed by atoms with Crippen molar-refractivity contribution < 1.29 is 65.8 Å². The van der Waals surface area contributed by atoms with Crippen LogP contribution in [-0.2, 0) is 58.9 Å². The lowest BCUT2D eigenvalue weighted by Crippen LogP contribution is -2.67. The Labute approximate surface area is 668 Å². The third-order valence-electron chi connectivity index (χ3n) is 22.0. The number of unbranched alkanes of at least 4 members (excludes halogenated alkanes) is 2. The Kier molecular flexibility index (Phi) is 37.0. The Bertz CT molecular complexity index is 3540. The number of carboxylic acids is 1. The number of esters is 1. The fraction of sp³-hybridized carbons (Fsp3) is 0.618. The molecule has 12 atom stereocenters. The van der Waals surface area contributed by atoms with Crippen molar-refractivity contribution in [3.63, 3.8) is 0 Å². The van der Waals surface area contributed by atoms with Crippen LogP contribution >= 0.6 is 17.6 Å². The van der Waals surface area contributed by atoms with Crippen molar-refractivity contribution in [1.82, 2.24) is 0 Å². The fourth-order valence-electron chi connectivity index (χ4n) is 13.4. The largest absolute Gasteiger partial charge is 0.478 e. The predicted octanol–water partition coefficient (Wildman–Crippen LogP) is 21.7. The summed E-state index contributed by atoms with van der Waals surface area (Å²) < 4.78 is 64.7. The van der Waals surface area contributed by atoms with Gasteiger partial charge in [-0.05, 0) is 222 Å². The van der Waals surface area contributed by atoms with Gasteiger partial charge in [0.2, 0.25) is 0 Å². The number of carboxylic acid groups (broad SMARTS) is 1. The lowest BCUT2D eigenvalue weighted by molar-refractivity contribution is -0.152. The molecule has 0 amide bonds. The Morgan fingerprint density at radius 1 is 0.550 bits per heavy atom. The molecular weight excluding hydrogens is 1470 g/mol. The smallest absolute Gasteiger partial charge is 0.338 e. The maximum Gasteiger partial charge on any atom is 0.338 e. The SMILES string of the molecule is COPCCCCc1cc(C)c(C(=O)O)c(/C=C/C[C@@H]2OC(C)(C)O[C@@H]2C(/C=C\[C@@H](C)[C@H](C)O)O[Si](C)(C)C(C)(C)C)c1.COPCCCCc1cc(C)c(C(=O)OCC[Si](C)(C)C)c(/C=C/C[C@@H]2OC(C)(C)O[C@@H]2C(/C=C\[C@@H](C)[C@H](C)O[Si](c2ccccc2)(c2ccccc2)C(C)(C)C)O[Si](C)(C)C(C)(C)C)c1. The summed E-state index contributed by atoms with van der Waals surface area (Å²) in [6, 6.07) is 31.0. The van der Waals surface area contributed by atoms with E-state index in [1.807, 2.05) is 84.9 Å². The zero-order chi connectivity index (χ0) is 81.7. The highest BCUT2D eigenvalue weighted by atomic mass is 31.1. The molecule has 20 heteroatoms. The number of aryl methyl sites for hydroxylation is 4. The van der Waals surface area contributed by atoms with E-state index in [1.165, 1.54) is 15.9 Å². The monoisotopic (exact) mass is 1610 g/mol. The summed E-state index contributed by atoms with van der Waals surface area (Å²) in [7, 11) is -4.10. The molecule has 2 saturated heterocycles. The normalized spacial score (nSPS) is 20.1. The van der Waals surface area contributed by atoms with E-state index >= 15 is 0 Å². The van der Waals surface area contributed by atoms with Crippen LogP contribution in [0.3, 0.4) is 0 Å². The molecule has 0 bridgehead atoms. The molecule has 4 unspecified atom stereocenters. The molecule has 2 N–H and O–H groups in total. The molecule has 0 spiro atoms. The fourth-order valence-corrected chi connectivity index (χ4v) is 22.6. The maximum absolute atomic E-state index is 13.8. The van der Waals surface area contributed by atoms with Gasteiger partial charge in [0.15, 0.2) is 28.2 Å². The molecule has 610 valence electrons. The van der Waals surface area contributed by atoms with Crippen LogP contribution in [0.25, 0.3) is 12.2 Å². The second-order valence-corrected chi connectivity index (χ2v) is 58.4. The van der Waals surface area contributed by atoms with Crippen LogP contribution in [0.1, 0.15) is 210 Å². The molecule has 14 nitrogen and oxygen atoms in total. The van der Waals surface area contributed by atoms with Crippen LogP contribution in [0.5, 0.6) is 0 Å². The molecule has 2 heterocycles. The Morgan fingerprint density at radius 2 is 0.954 bits per heavy atom. The van der Waals surface area contributed by atoms with Gasteiger partial charge in [-0.25, -0.2) is 9.59 Å². The average molecular weight is 1610 g/mol. The first-order valence-electron chi connectivity index (χ1n) is 40.0. The highest BCUT2D eigenvalue weighted by molar-refractivity contribution is 7.32. The van der Waals surface area contributed by atoms with Gasteiger partial charge in [0, 0.05) is 46.0 Å². The predicted molar refractivity (Wildman–Crippen MR) is 470 cm³/mol. The zero-order valence-corrected chi connectivity index (χ0v) is 78.3. The van der Waals surface area contributed by atoms with E-state index in [9.17, 15) is 19.8 Å². The van der Waals surface area contributed by atoms with Crippen LogP contribution in [0, 0.1) is 25.7 Å². The standard InChI is InChI=1S/C55H87O7PSi3.C34H57O7PSi/c1-41(43(3)61-66(54(7,8)9,46-29-20-18-21-30-46)47-31-22-19-23-32-47)34-35-49(62-65(16,17)53(4,5)6)51-48(59-55(10,11)60-51)33-26-28-45-40-44(27-24-25-37-63-57-12)39-42(2)50(45)52(56)58-36-38-64(13,14)15;1-23(25(3)35)18-19-29(41-43(10,11)33(4,5)6)31-28(39-34(7,8)40-31)17-14-16-27-22-26(15-12-13-20-42-38-9)21-24(2)30(27)32(36)37/h18-23,26,28-32,34-35,39-41,43,48-49,51,63H,24-25,27,33,36-38H2,1-17H3;14,16,18-19,21-23,25,28-29,31,35,42H,12-13,15,17,20H2,1-11H3,(H,36,37)/b28-26+,35-34-;16-14+,19-18-/t41-,43+,48+,49?,51+;23-,25+,28+,29?,31+/m11/s1. The third-order valence-corrected chi connectivity index (χ3v) is 39.5. The number of aromatic carboxylic acids is 1. The van der Waals surface area contributed by atoms with E-state index in [1.54, 1.807) is 21.1 Å². The number of ether oxygens (including phenoxy) is 5. The first kappa shape index (κ1) is 95.7. The first-order valence-corrected chi connectivity index (χ1v) is 53.7. The van der Waals surface area contributed by atoms with Crippen molar-refractivity contribution >= 4 is 85.1 Å². The van der Waals surface area contributed by atoms with E-state index in [4.69, 9.17) is 46.0 Å². The molecule has 4 aromatic carbocycles. The van der Waals surface area contributed by atoms with Crippen LogP contribution < -0.4 is 10.4 Å². The second kappa shape index (κ2) is 42.1. The number of aliphatic hydroxyl groups is 1. The van der Waals surface area contributed by atoms with E-state index < -0.39 is 56.7 Å². The third kappa shape index (κ3) is 29.1. The van der Waals surface area contributed by atoms with Crippen molar-refractivity contribution in [1.29, 1.82) is 0 Å². The minimum absolute atomic E-state index is 0.000366. The van der Waals surface area contributed by atoms with E-state index in [-0.39, 0.29) is 75.6 Å². The van der Waals surface area contributed by atoms with Crippen molar-refractivity contribution in [2.75, 3.05) is 33.2 Å². The van der Waals surface area contributed by atoms with Crippen molar-refractivity contribution in [2.24, 2.45) is 11.8 Å². The number of benzene rings is 4. The van der Waals surface area contributed by atoms with E-state index in [0.717, 1.165) is 79.1 Å². The quantitative estimate of drug-likeness (QED) is 0.0142. The summed E-state index contributed by atoms with van der Waals surface area (Å²) in [5.41, 5.74) is 6.63. The lowest BCUT2D eigenvalue weighted by atomic mass is 9.95.